The van der Waals surface area contributed by atoms with Crippen molar-refractivity contribution >= 4 is 0 Å². The van der Waals surface area contributed by atoms with E-state index in [2.05, 4.69) is 30.4 Å². The summed E-state index contributed by atoms with van der Waals surface area (Å²) in [7, 11) is 3.61. The van der Waals surface area contributed by atoms with Crippen LogP contribution in [-0.4, -0.2) is 20.7 Å². The number of ether oxygens (including phenoxy) is 2. The van der Waals surface area contributed by atoms with Gasteiger partial charge in [-0.1, -0.05) is 43.3 Å². The van der Waals surface area contributed by atoms with Gasteiger partial charge in [-0.05, 0) is 36.7 Å². The Balaban J connectivity index is 2.24. The number of nitrogens with one attached hydrogen (secondary N) is 1. The molecule has 0 aromatic heterocycles. The number of methoxy groups -OCH3 is 1. The maximum absolute atomic E-state index is 6.17. The number of rotatable bonds is 7. The fourth-order valence-corrected chi connectivity index (χ4v) is 2.26. The number of likely N-dealkylation sites (N-methyl/N-ethyl adjacent to an activating group) is 1. The lowest BCUT2D eigenvalue weighted by molar-refractivity contribution is 0.196. The van der Waals surface area contributed by atoms with Crippen LogP contribution in [0.5, 0.6) is 11.5 Å². The fourth-order valence-electron chi connectivity index (χ4n) is 2.26. The van der Waals surface area contributed by atoms with Gasteiger partial charge in [-0.25, -0.2) is 0 Å². The Morgan fingerprint density at radius 3 is 2.43 bits per heavy atom. The van der Waals surface area contributed by atoms with Crippen molar-refractivity contribution in [1.82, 2.24) is 5.32 Å². The lowest BCUT2D eigenvalue weighted by atomic mass is 10.1. The Bertz CT molecular complexity index is 554. The molecule has 0 aliphatic carbocycles. The maximum atomic E-state index is 6.17. The van der Waals surface area contributed by atoms with Crippen LogP contribution >= 0.6 is 0 Å². The largest absolute Gasteiger partial charge is 0.493 e. The molecule has 0 aliphatic heterocycles. The average Bonchev–Trinajstić information content (AvgIpc) is 2.55. The van der Waals surface area contributed by atoms with E-state index in [1.807, 2.05) is 37.4 Å². The summed E-state index contributed by atoms with van der Waals surface area (Å²) in [4.78, 5) is 0. The molecule has 1 N–H and O–H groups in total. The molecule has 2 rings (SSSR count). The zero-order chi connectivity index (χ0) is 15.1. The smallest absolute Gasteiger partial charge is 0.162 e. The average molecular weight is 285 g/mol. The second kappa shape index (κ2) is 7.70. The van der Waals surface area contributed by atoms with Gasteiger partial charge in [0.15, 0.2) is 11.5 Å². The van der Waals surface area contributed by atoms with Gasteiger partial charge in [0.05, 0.1) is 7.11 Å². The quantitative estimate of drug-likeness (QED) is 0.843. The number of benzene rings is 2. The number of hydrogen-bond acceptors (Lipinski definition) is 3. The van der Waals surface area contributed by atoms with Crippen molar-refractivity contribution < 1.29 is 9.47 Å². The van der Waals surface area contributed by atoms with E-state index < -0.39 is 0 Å². The zero-order valence-corrected chi connectivity index (χ0v) is 12.9. The highest BCUT2D eigenvalue weighted by Gasteiger charge is 2.15. The highest BCUT2D eigenvalue weighted by atomic mass is 16.5. The summed E-state index contributed by atoms with van der Waals surface area (Å²) in [6.45, 7) is 2.87. The lowest BCUT2D eigenvalue weighted by Crippen LogP contribution is -2.22. The SMILES string of the molecule is CCc1ccc(OC(CNC)c2ccccc2)c(OC)c1. The van der Waals surface area contributed by atoms with Crippen LogP contribution in [0, 0.1) is 0 Å². The molecule has 3 heteroatoms. The second-order valence-corrected chi connectivity index (χ2v) is 4.91. The molecule has 2 aromatic rings. The van der Waals surface area contributed by atoms with Crippen LogP contribution in [0.4, 0.5) is 0 Å². The summed E-state index contributed by atoms with van der Waals surface area (Å²) in [6.07, 6.45) is 0.938. The van der Waals surface area contributed by atoms with Crippen molar-refractivity contribution in [1.29, 1.82) is 0 Å². The van der Waals surface area contributed by atoms with Crippen LogP contribution in [0.15, 0.2) is 48.5 Å². The predicted molar refractivity (Wildman–Crippen MR) is 86.1 cm³/mol. The molecule has 0 saturated carbocycles. The molecule has 3 nitrogen and oxygen atoms in total. The minimum atomic E-state index is -0.0439. The standard InChI is InChI=1S/C18H23NO2/c1-4-14-10-11-16(17(12-14)20-3)21-18(13-19-2)15-8-6-5-7-9-15/h5-12,18-19H,4,13H2,1-3H3. The minimum Gasteiger partial charge on any atom is -0.493 e. The van der Waals surface area contributed by atoms with E-state index in [1.54, 1.807) is 7.11 Å². The van der Waals surface area contributed by atoms with E-state index in [0.29, 0.717) is 0 Å². The van der Waals surface area contributed by atoms with Gasteiger partial charge < -0.3 is 14.8 Å². The zero-order valence-electron chi connectivity index (χ0n) is 12.9. The van der Waals surface area contributed by atoms with Gasteiger partial charge in [0.1, 0.15) is 6.10 Å². The van der Waals surface area contributed by atoms with E-state index in [1.165, 1.54) is 5.56 Å². The first kappa shape index (κ1) is 15.4. The first-order valence-corrected chi connectivity index (χ1v) is 7.31. The van der Waals surface area contributed by atoms with Crippen molar-refractivity contribution in [2.24, 2.45) is 0 Å². The van der Waals surface area contributed by atoms with Crippen LogP contribution in [0.25, 0.3) is 0 Å². The Kier molecular flexibility index (Phi) is 5.64. The molecular formula is C18H23NO2. The monoisotopic (exact) mass is 285 g/mol. The summed E-state index contributed by atoms with van der Waals surface area (Å²) < 4.78 is 11.6. The summed E-state index contributed by atoms with van der Waals surface area (Å²) in [6, 6.07) is 16.3. The Morgan fingerprint density at radius 2 is 1.81 bits per heavy atom. The Labute approximate surface area is 126 Å². The molecule has 21 heavy (non-hydrogen) atoms. The summed E-state index contributed by atoms with van der Waals surface area (Å²) in [5, 5.41) is 3.18. The number of hydrogen-bond donors (Lipinski definition) is 1. The lowest BCUT2D eigenvalue weighted by Gasteiger charge is -2.21. The van der Waals surface area contributed by atoms with E-state index in [-0.39, 0.29) is 6.10 Å². The summed E-state index contributed by atoms with van der Waals surface area (Å²) in [5.41, 5.74) is 2.39. The first-order chi connectivity index (χ1) is 10.3. The number of aryl methyl sites for hydroxylation is 1. The van der Waals surface area contributed by atoms with Crippen LogP contribution in [0.3, 0.4) is 0 Å². The van der Waals surface area contributed by atoms with Crippen molar-refractivity contribution in [2.75, 3.05) is 20.7 Å². The van der Waals surface area contributed by atoms with Crippen molar-refractivity contribution in [3.05, 3.63) is 59.7 Å². The van der Waals surface area contributed by atoms with E-state index >= 15 is 0 Å². The molecule has 112 valence electrons. The maximum Gasteiger partial charge on any atom is 0.162 e. The molecule has 0 amide bonds. The van der Waals surface area contributed by atoms with Gasteiger partial charge in [0.25, 0.3) is 0 Å². The molecule has 0 radical (unpaired) electrons. The van der Waals surface area contributed by atoms with Gasteiger partial charge in [0.2, 0.25) is 0 Å². The first-order valence-electron chi connectivity index (χ1n) is 7.31. The van der Waals surface area contributed by atoms with Gasteiger partial charge in [-0.3, -0.25) is 0 Å². The molecule has 0 saturated heterocycles. The summed E-state index contributed by atoms with van der Waals surface area (Å²) in [5.74, 6) is 1.56. The van der Waals surface area contributed by atoms with Gasteiger partial charge in [-0.15, -0.1) is 0 Å². The van der Waals surface area contributed by atoms with Crippen LogP contribution in [0.1, 0.15) is 24.2 Å². The Morgan fingerprint density at radius 1 is 1.05 bits per heavy atom. The Hall–Kier alpha value is -2.00. The van der Waals surface area contributed by atoms with E-state index in [9.17, 15) is 0 Å². The van der Waals surface area contributed by atoms with Crippen molar-refractivity contribution in [3.63, 3.8) is 0 Å². The second-order valence-electron chi connectivity index (χ2n) is 4.91. The topological polar surface area (TPSA) is 30.5 Å². The van der Waals surface area contributed by atoms with Crippen molar-refractivity contribution in [2.45, 2.75) is 19.4 Å². The van der Waals surface area contributed by atoms with E-state index in [0.717, 1.165) is 30.0 Å². The van der Waals surface area contributed by atoms with Gasteiger partial charge >= 0.3 is 0 Å². The molecule has 2 aromatic carbocycles. The van der Waals surface area contributed by atoms with Crippen LogP contribution in [-0.2, 0) is 6.42 Å². The van der Waals surface area contributed by atoms with Crippen LogP contribution < -0.4 is 14.8 Å². The minimum absolute atomic E-state index is 0.0439. The molecule has 0 bridgehead atoms. The summed E-state index contributed by atoms with van der Waals surface area (Å²) >= 11 is 0. The van der Waals surface area contributed by atoms with E-state index in [4.69, 9.17) is 9.47 Å². The van der Waals surface area contributed by atoms with Crippen LogP contribution in [0.2, 0.25) is 0 Å². The third-order valence-corrected chi connectivity index (χ3v) is 3.47. The highest BCUT2D eigenvalue weighted by Crippen LogP contribution is 2.32. The molecular weight excluding hydrogens is 262 g/mol. The van der Waals surface area contributed by atoms with Gasteiger partial charge in [-0.2, -0.15) is 0 Å². The fraction of sp³-hybridized carbons (Fsp3) is 0.333. The molecule has 0 aliphatic rings. The molecule has 1 atom stereocenters. The van der Waals surface area contributed by atoms with Gasteiger partial charge in [0, 0.05) is 6.54 Å². The van der Waals surface area contributed by atoms with Crippen molar-refractivity contribution in [3.8, 4) is 11.5 Å². The molecule has 0 spiro atoms. The normalized spacial score (nSPS) is 12.0. The molecule has 0 fully saturated rings. The molecule has 0 heterocycles. The third-order valence-electron chi connectivity index (χ3n) is 3.47. The predicted octanol–water partition coefficient (Wildman–Crippen LogP) is 3.60. The molecule has 1 unspecified atom stereocenters. The highest BCUT2D eigenvalue weighted by molar-refractivity contribution is 5.43. The third kappa shape index (κ3) is 3.99.